The zero-order valence-electron chi connectivity index (χ0n) is 12.6. The topological polar surface area (TPSA) is 49.3 Å². The van der Waals surface area contributed by atoms with Gasteiger partial charge >= 0.3 is 0 Å². The molecule has 1 aromatic carbocycles. The number of carbonyl (C=O) groups is 1. The van der Waals surface area contributed by atoms with E-state index in [-0.39, 0.29) is 11.7 Å². The molecule has 0 saturated heterocycles. The van der Waals surface area contributed by atoms with Gasteiger partial charge in [-0.25, -0.2) is 4.39 Å². The smallest absolute Gasteiger partial charge is 0.230 e. The molecule has 4 heteroatoms. The summed E-state index contributed by atoms with van der Waals surface area (Å²) >= 11 is 0. The predicted molar refractivity (Wildman–Crippen MR) is 80.5 cm³/mol. The van der Waals surface area contributed by atoms with Crippen LogP contribution in [0.4, 0.5) is 4.39 Å². The molecule has 1 aliphatic carbocycles. The van der Waals surface area contributed by atoms with Crippen LogP contribution in [0.5, 0.6) is 0 Å². The molecule has 0 heterocycles. The Balaban J connectivity index is 2.18. The van der Waals surface area contributed by atoms with Crippen LogP contribution in [0.3, 0.4) is 0 Å². The second kappa shape index (κ2) is 7.03. The fourth-order valence-corrected chi connectivity index (χ4v) is 3.15. The summed E-state index contributed by atoms with van der Waals surface area (Å²) in [5.41, 5.74) is 0.163. The summed E-state index contributed by atoms with van der Waals surface area (Å²) in [5.74, 6) is -0.331. The molecule has 1 saturated carbocycles. The third-order valence-corrected chi connectivity index (χ3v) is 4.37. The van der Waals surface area contributed by atoms with Gasteiger partial charge in [-0.3, -0.25) is 4.79 Å². The quantitative estimate of drug-likeness (QED) is 0.877. The number of aliphatic hydroxyl groups is 1. The second-order valence-corrected chi connectivity index (χ2v) is 6.05. The van der Waals surface area contributed by atoms with E-state index in [0.717, 1.165) is 37.7 Å². The minimum atomic E-state index is -0.612. The molecule has 1 unspecified atom stereocenters. The van der Waals surface area contributed by atoms with Crippen LogP contribution in [0, 0.1) is 5.82 Å². The molecule has 0 spiro atoms. The number of hydrogen-bond acceptors (Lipinski definition) is 2. The number of nitrogens with one attached hydrogen (secondary N) is 1. The Bertz CT molecular complexity index is 481. The Hall–Kier alpha value is -1.42. The highest BCUT2D eigenvalue weighted by Crippen LogP contribution is 2.39. The van der Waals surface area contributed by atoms with Crippen LogP contribution in [0.1, 0.15) is 51.0 Å². The third kappa shape index (κ3) is 3.82. The lowest BCUT2D eigenvalue weighted by molar-refractivity contribution is -0.128. The summed E-state index contributed by atoms with van der Waals surface area (Å²) in [5, 5.41) is 12.2. The van der Waals surface area contributed by atoms with E-state index in [2.05, 4.69) is 5.32 Å². The van der Waals surface area contributed by atoms with Gasteiger partial charge in [0.05, 0.1) is 11.5 Å². The van der Waals surface area contributed by atoms with Crippen molar-refractivity contribution in [1.82, 2.24) is 5.32 Å². The number of carbonyl (C=O) groups excluding carboxylic acids is 1. The van der Waals surface area contributed by atoms with E-state index in [1.165, 1.54) is 12.1 Å². The van der Waals surface area contributed by atoms with E-state index in [9.17, 15) is 14.3 Å². The largest absolute Gasteiger partial charge is 0.393 e. The van der Waals surface area contributed by atoms with Crippen LogP contribution in [0.25, 0.3) is 0 Å². The number of aliphatic hydroxyl groups excluding tert-OH is 1. The first-order valence-electron chi connectivity index (χ1n) is 7.77. The van der Waals surface area contributed by atoms with Gasteiger partial charge in [0.2, 0.25) is 5.91 Å². The molecule has 0 bridgehead atoms. The van der Waals surface area contributed by atoms with Crippen molar-refractivity contribution in [3.05, 3.63) is 35.6 Å². The Morgan fingerprint density at radius 2 is 2.10 bits per heavy atom. The highest BCUT2D eigenvalue weighted by atomic mass is 19.1. The molecule has 0 aliphatic heterocycles. The lowest BCUT2D eigenvalue weighted by Crippen LogP contribution is -2.46. The maximum atomic E-state index is 13.5. The Morgan fingerprint density at radius 1 is 1.38 bits per heavy atom. The fraction of sp³-hybridized carbons (Fsp3) is 0.588. The van der Waals surface area contributed by atoms with Gasteiger partial charge < -0.3 is 10.4 Å². The van der Waals surface area contributed by atoms with E-state index in [4.69, 9.17) is 0 Å². The minimum absolute atomic E-state index is 0.0338. The van der Waals surface area contributed by atoms with Gasteiger partial charge in [-0.15, -0.1) is 0 Å². The summed E-state index contributed by atoms with van der Waals surface area (Å²) in [6, 6.07) is 6.41. The lowest BCUT2D eigenvalue weighted by Gasteiger charge is -2.36. The SMILES string of the molecule is CC(O)CCNC(=O)C1(c2cccc(F)c2)CCCCC1. The monoisotopic (exact) mass is 293 g/mol. The van der Waals surface area contributed by atoms with Crippen molar-refractivity contribution < 1.29 is 14.3 Å². The first kappa shape index (κ1) is 16.0. The van der Waals surface area contributed by atoms with Gasteiger partial charge in [0.15, 0.2) is 0 Å². The van der Waals surface area contributed by atoms with Gasteiger partial charge in [-0.2, -0.15) is 0 Å². The van der Waals surface area contributed by atoms with E-state index in [1.54, 1.807) is 13.0 Å². The number of benzene rings is 1. The molecule has 116 valence electrons. The summed E-state index contributed by atoms with van der Waals surface area (Å²) in [6.45, 7) is 2.16. The molecule has 1 aromatic rings. The van der Waals surface area contributed by atoms with Crippen LogP contribution < -0.4 is 5.32 Å². The standard InChI is InChI=1S/C17H24FNO2/c1-13(20)8-11-19-16(21)17(9-3-2-4-10-17)14-6-5-7-15(18)12-14/h5-7,12-13,20H,2-4,8-11H2,1H3,(H,19,21). The first-order chi connectivity index (χ1) is 10.0. The minimum Gasteiger partial charge on any atom is -0.393 e. The highest BCUT2D eigenvalue weighted by Gasteiger charge is 2.41. The Morgan fingerprint density at radius 3 is 2.71 bits per heavy atom. The van der Waals surface area contributed by atoms with Crippen LogP contribution in [-0.2, 0) is 10.2 Å². The molecule has 2 rings (SSSR count). The van der Waals surface area contributed by atoms with Gasteiger partial charge in [-0.05, 0) is 43.9 Å². The maximum absolute atomic E-state index is 13.5. The molecule has 21 heavy (non-hydrogen) atoms. The molecule has 0 radical (unpaired) electrons. The average molecular weight is 293 g/mol. The molecular formula is C17H24FNO2. The van der Waals surface area contributed by atoms with Crippen molar-refractivity contribution in [3.8, 4) is 0 Å². The molecule has 2 N–H and O–H groups in total. The van der Waals surface area contributed by atoms with Crippen LogP contribution >= 0.6 is 0 Å². The van der Waals surface area contributed by atoms with Crippen molar-refractivity contribution in [2.45, 2.75) is 57.0 Å². The zero-order chi connectivity index (χ0) is 15.3. The molecule has 1 aliphatic rings. The summed E-state index contributed by atoms with van der Waals surface area (Å²) in [6.07, 6.45) is 4.72. The normalized spacial score (nSPS) is 19.0. The van der Waals surface area contributed by atoms with Crippen molar-refractivity contribution in [1.29, 1.82) is 0 Å². The second-order valence-electron chi connectivity index (χ2n) is 6.05. The van der Waals surface area contributed by atoms with E-state index < -0.39 is 11.5 Å². The zero-order valence-corrected chi connectivity index (χ0v) is 12.6. The van der Waals surface area contributed by atoms with E-state index >= 15 is 0 Å². The number of hydrogen-bond donors (Lipinski definition) is 2. The number of amides is 1. The maximum Gasteiger partial charge on any atom is 0.230 e. The van der Waals surface area contributed by atoms with Gasteiger partial charge in [0.1, 0.15) is 5.82 Å². The fourth-order valence-electron chi connectivity index (χ4n) is 3.15. The highest BCUT2D eigenvalue weighted by molar-refractivity contribution is 5.88. The van der Waals surface area contributed by atoms with Crippen LogP contribution in [0.15, 0.2) is 24.3 Å². The Labute approximate surface area is 125 Å². The number of rotatable bonds is 5. The predicted octanol–water partition coefficient (Wildman–Crippen LogP) is 2.91. The summed E-state index contributed by atoms with van der Waals surface area (Å²) < 4.78 is 13.5. The van der Waals surface area contributed by atoms with Gasteiger partial charge in [0.25, 0.3) is 0 Å². The molecule has 3 nitrogen and oxygen atoms in total. The third-order valence-electron chi connectivity index (χ3n) is 4.37. The first-order valence-corrected chi connectivity index (χ1v) is 7.77. The van der Waals surface area contributed by atoms with Crippen molar-refractivity contribution >= 4 is 5.91 Å². The van der Waals surface area contributed by atoms with Gasteiger partial charge in [0, 0.05) is 6.54 Å². The van der Waals surface area contributed by atoms with Crippen molar-refractivity contribution in [2.75, 3.05) is 6.54 Å². The Kier molecular flexibility index (Phi) is 5.34. The summed E-state index contributed by atoms with van der Waals surface area (Å²) in [7, 11) is 0. The molecule has 0 aromatic heterocycles. The van der Waals surface area contributed by atoms with Crippen LogP contribution in [0.2, 0.25) is 0 Å². The van der Waals surface area contributed by atoms with Crippen molar-refractivity contribution in [2.24, 2.45) is 0 Å². The molecule has 1 fully saturated rings. The average Bonchev–Trinajstić information content (AvgIpc) is 2.47. The lowest BCUT2D eigenvalue weighted by atomic mass is 9.68. The molecular weight excluding hydrogens is 269 g/mol. The molecule has 1 amide bonds. The van der Waals surface area contributed by atoms with Crippen LogP contribution in [-0.4, -0.2) is 23.7 Å². The molecule has 1 atom stereocenters. The van der Waals surface area contributed by atoms with E-state index in [0.29, 0.717) is 13.0 Å². The van der Waals surface area contributed by atoms with Crippen molar-refractivity contribution in [3.63, 3.8) is 0 Å². The van der Waals surface area contributed by atoms with E-state index in [1.807, 2.05) is 6.07 Å². The summed E-state index contributed by atoms with van der Waals surface area (Å²) in [4.78, 5) is 12.7. The van der Waals surface area contributed by atoms with Gasteiger partial charge in [-0.1, -0.05) is 31.4 Å². The number of halogens is 1.